The smallest absolute Gasteiger partial charge is 0.264 e. The van der Waals surface area contributed by atoms with Gasteiger partial charge in [-0.25, -0.2) is 0 Å². The average Bonchev–Trinajstić information content (AvgIpc) is 2.53. The van der Waals surface area contributed by atoms with Crippen molar-refractivity contribution in [1.29, 1.82) is 0 Å². The summed E-state index contributed by atoms with van der Waals surface area (Å²) in [5, 5.41) is 1.24. The van der Waals surface area contributed by atoms with E-state index in [0.717, 1.165) is 0 Å². The Balaban J connectivity index is 0. The minimum Gasteiger partial charge on any atom is -0.264 e. The summed E-state index contributed by atoms with van der Waals surface area (Å²) in [6.45, 7) is 2.29. The molecule has 4 nitrogen and oxygen atoms in total. The second-order valence-corrected chi connectivity index (χ2v) is 8.60. The van der Waals surface area contributed by atoms with E-state index in [1.165, 1.54) is 101 Å². The van der Waals surface area contributed by atoms with Crippen LogP contribution in [0.25, 0.3) is 0 Å². The molecule has 142 valence electrons. The summed E-state index contributed by atoms with van der Waals surface area (Å²) in [5.74, 6) is 0. The molecule has 0 heterocycles. The molecule has 7 heteroatoms. The minimum absolute atomic E-state index is 1.24. The van der Waals surface area contributed by atoms with Crippen LogP contribution in [-0.2, 0) is 10.4 Å². The molecule has 0 aliphatic carbocycles. The molecule has 0 aromatic heterocycles. The van der Waals surface area contributed by atoms with Gasteiger partial charge in [0.15, 0.2) is 0 Å². The van der Waals surface area contributed by atoms with Crippen LogP contribution >= 0.6 is 9.24 Å². The summed E-state index contributed by atoms with van der Waals surface area (Å²) >= 11 is 1.41. The molecule has 0 saturated heterocycles. The molecule has 0 radical (unpaired) electrons. The van der Waals surface area contributed by atoms with Crippen molar-refractivity contribution < 1.29 is 17.5 Å². The van der Waals surface area contributed by atoms with E-state index in [2.05, 4.69) is 16.2 Å². The van der Waals surface area contributed by atoms with E-state index >= 15 is 0 Å². The zero-order valence-corrected chi connectivity index (χ0v) is 19.8. The molecule has 0 amide bonds. The molecular formula is C18H34NaO4PS. The molecule has 0 spiro atoms. The van der Waals surface area contributed by atoms with Crippen molar-refractivity contribution in [2.75, 3.05) is 0 Å². The SMILES string of the molecule is CCCCCCCCCCC[CH2][Na].O=S(=O)(O)O.Pc1ccccc1. The van der Waals surface area contributed by atoms with Crippen molar-refractivity contribution in [3.63, 3.8) is 0 Å². The zero-order valence-electron chi connectivity index (χ0n) is 15.9. The summed E-state index contributed by atoms with van der Waals surface area (Å²) in [4.78, 5) is 0. The van der Waals surface area contributed by atoms with E-state index in [1.807, 2.05) is 30.3 Å². The summed E-state index contributed by atoms with van der Waals surface area (Å²) in [6.07, 6.45) is 14.7. The Morgan fingerprint density at radius 2 is 1.20 bits per heavy atom. The Morgan fingerprint density at radius 3 is 1.48 bits per heavy atom. The van der Waals surface area contributed by atoms with E-state index in [1.54, 1.807) is 0 Å². The Morgan fingerprint density at radius 1 is 0.840 bits per heavy atom. The normalized spacial score (nSPS) is 10.3. The summed E-state index contributed by atoms with van der Waals surface area (Å²) in [6, 6.07) is 10.1. The first kappa shape index (κ1) is 27.7. The fourth-order valence-corrected chi connectivity index (χ4v) is 2.91. The molecule has 1 unspecified atom stereocenters. The van der Waals surface area contributed by atoms with E-state index in [9.17, 15) is 0 Å². The van der Waals surface area contributed by atoms with Gasteiger partial charge in [-0.1, -0.05) is 30.3 Å². The second kappa shape index (κ2) is 20.8. The van der Waals surface area contributed by atoms with Gasteiger partial charge in [0.25, 0.3) is 0 Å². The van der Waals surface area contributed by atoms with Gasteiger partial charge < -0.3 is 0 Å². The summed E-state index contributed by atoms with van der Waals surface area (Å²) < 4.78 is 33.1. The molecule has 1 aromatic rings. The van der Waals surface area contributed by atoms with Gasteiger partial charge in [-0.2, -0.15) is 8.42 Å². The standard InChI is InChI=1S/C12H25.C6H7P.Na.H2O4S/c1-3-5-7-9-11-12-10-8-6-4-2;7-6-4-2-1-3-5-6;;1-5(2,3)4/h1,3-12H2,2H3;1-5H,7H2;;(H2,1,2,3,4). The molecule has 0 aliphatic heterocycles. The predicted octanol–water partition coefficient (Wildman–Crippen LogP) is 5.03. The van der Waals surface area contributed by atoms with Crippen LogP contribution in [0.3, 0.4) is 0 Å². The molecule has 0 saturated carbocycles. The summed E-state index contributed by atoms with van der Waals surface area (Å²) in [7, 11) is -2.04. The van der Waals surface area contributed by atoms with Gasteiger partial charge in [0.2, 0.25) is 0 Å². The van der Waals surface area contributed by atoms with Crippen LogP contribution in [-0.4, -0.2) is 45.5 Å². The van der Waals surface area contributed by atoms with Crippen LogP contribution in [0, 0.1) is 0 Å². The number of benzene rings is 1. The third-order valence-corrected chi connectivity index (χ3v) is 4.60. The van der Waals surface area contributed by atoms with Gasteiger partial charge in [-0.15, -0.1) is 9.24 Å². The molecule has 0 fully saturated rings. The number of rotatable bonds is 10. The fraction of sp³-hybridized carbons (Fsp3) is 0.667. The third-order valence-electron chi connectivity index (χ3n) is 3.51. The van der Waals surface area contributed by atoms with Gasteiger partial charge in [-0.05, 0) is 5.30 Å². The Hall–Kier alpha value is 0.520. The number of unbranched alkanes of at least 4 members (excludes halogenated alkanes) is 9. The van der Waals surface area contributed by atoms with Crippen molar-refractivity contribution in [3.8, 4) is 0 Å². The third kappa shape index (κ3) is 36.3. The maximum absolute atomic E-state index is 8.74. The fourth-order valence-electron chi connectivity index (χ4n) is 2.19. The van der Waals surface area contributed by atoms with E-state index in [-0.39, 0.29) is 0 Å². The van der Waals surface area contributed by atoms with Crippen molar-refractivity contribution in [2.24, 2.45) is 0 Å². The maximum Gasteiger partial charge on any atom is 0.394 e. The van der Waals surface area contributed by atoms with Crippen LogP contribution in [0.15, 0.2) is 30.3 Å². The largest absolute Gasteiger partial charge is 0.394 e. The predicted molar refractivity (Wildman–Crippen MR) is 112 cm³/mol. The van der Waals surface area contributed by atoms with Crippen molar-refractivity contribution in [1.82, 2.24) is 0 Å². The van der Waals surface area contributed by atoms with Gasteiger partial charge in [-0.3, -0.25) is 9.11 Å². The topological polar surface area (TPSA) is 74.6 Å². The Bertz CT molecular complexity index is 451. The second-order valence-electron chi connectivity index (χ2n) is 6.04. The molecule has 1 atom stereocenters. The van der Waals surface area contributed by atoms with Crippen LogP contribution in [0.2, 0.25) is 3.67 Å². The molecule has 0 bridgehead atoms. The first-order valence-corrected chi connectivity index (χ1v) is 12.7. The van der Waals surface area contributed by atoms with Crippen LogP contribution in [0.1, 0.15) is 71.1 Å². The van der Waals surface area contributed by atoms with E-state index < -0.39 is 10.4 Å². The number of hydrogen-bond acceptors (Lipinski definition) is 2. The molecule has 1 rings (SSSR count). The van der Waals surface area contributed by atoms with Crippen molar-refractivity contribution >= 4 is 52.9 Å². The molecule has 25 heavy (non-hydrogen) atoms. The van der Waals surface area contributed by atoms with Gasteiger partial charge in [0.1, 0.15) is 0 Å². The van der Waals surface area contributed by atoms with Crippen LogP contribution in [0.4, 0.5) is 0 Å². The summed E-state index contributed by atoms with van der Waals surface area (Å²) in [5.41, 5.74) is 0. The first-order valence-electron chi connectivity index (χ1n) is 9.31. The Labute approximate surface area is 174 Å². The minimum atomic E-state index is -4.67. The molecule has 1 aromatic carbocycles. The molecule has 2 N–H and O–H groups in total. The van der Waals surface area contributed by atoms with Gasteiger partial charge >= 0.3 is 113 Å². The first-order chi connectivity index (χ1) is 11.8. The van der Waals surface area contributed by atoms with Gasteiger partial charge in [0.05, 0.1) is 0 Å². The van der Waals surface area contributed by atoms with Crippen LogP contribution < -0.4 is 5.30 Å². The van der Waals surface area contributed by atoms with Crippen molar-refractivity contribution in [3.05, 3.63) is 30.3 Å². The maximum atomic E-state index is 8.74. The van der Waals surface area contributed by atoms with Crippen LogP contribution in [0.5, 0.6) is 0 Å². The zero-order chi connectivity index (χ0) is 19.4. The monoisotopic (exact) mass is 400 g/mol. The number of hydrogen-bond donors (Lipinski definition) is 2. The molecule has 0 aliphatic rings. The van der Waals surface area contributed by atoms with Crippen molar-refractivity contribution in [2.45, 2.75) is 74.8 Å². The average molecular weight is 400 g/mol. The van der Waals surface area contributed by atoms with E-state index in [4.69, 9.17) is 17.5 Å². The molecular weight excluding hydrogens is 366 g/mol. The van der Waals surface area contributed by atoms with E-state index in [0.29, 0.717) is 0 Å². The van der Waals surface area contributed by atoms with Gasteiger partial charge in [0, 0.05) is 0 Å². The Kier molecular flexibility index (Phi) is 23.1. The quantitative estimate of drug-likeness (QED) is 0.250.